The molecule has 2 N–H and O–H groups in total. The summed E-state index contributed by atoms with van der Waals surface area (Å²) in [5, 5.41) is 0. The Morgan fingerprint density at radius 1 is 0.882 bits per heavy atom. The van der Waals surface area contributed by atoms with Crippen LogP contribution in [0.25, 0.3) is 0 Å². The first-order valence-corrected chi connectivity index (χ1v) is 6.98. The van der Waals surface area contributed by atoms with Crippen molar-refractivity contribution in [1.29, 1.82) is 0 Å². The Labute approximate surface area is 108 Å². The van der Waals surface area contributed by atoms with E-state index in [1.54, 1.807) is 0 Å². The molecule has 0 spiro atoms. The lowest BCUT2D eigenvalue weighted by molar-refractivity contribution is -0.0829. The third-order valence-corrected chi connectivity index (χ3v) is 2.91. The van der Waals surface area contributed by atoms with Gasteiger partial charge in [0.25, 0.3) is 0 Å². The molecule has 0 aromatic carbocycles. The van der Waals surface area contributed by atoms with Crippen LogP contribution in [0.2, 0.25) is 0 Å². The van der Waals surface area contributed by atoms with Crippen LogP contribution in [0.5, 0.6) is 0 Å². The summed E-state index contributed by atoms with van der Waals surface area (Å²) in [7, 11) is 0. The Balaban J connectivity index is 4.17. The maximum atomic E-state index is 5.69. The monoisotopic (exact) mass is 244 g/mol. The van der Waals surface area contributed by atoms with Gasteiger partial charge in [0.15, 0.2) is 0 Å². The van der Waals surface area contributed by atoms with E-state index in [4.69, 9.17) is 10.5 Å². The van der Waals surface area contributed by atoms with Crippen molar-refractivity contribution in [3.63, 3.8) is 0 Å². The van der Waals surface area contributed by atoms with E-state index < -0.39 is 0 Å². The molecule has 0 heterocycles. The van der Waals surface area contributed by atoms with Gasteiger partial charge in [-0.2, -0.15) is 0 Å². The fourth-order valence-corrected chi connectivity index (χ4v) is 1.72. The predicted molar refractivity (Wildman–Crippen MR) is 74.7 cm³/mol. The van der Waals surface area contributed by atoms with Crippen molar-refractivity contribution in [2.45, 2.75) is 66.8 Å². The van der Waals surface area contributed by atoms with Crippen LogP contribution in [-0.2, 0) is 4.74 Å². The van der Waals surface area contributed by atoms with Gasteiger partial charge in [0, 0.05) is 13.1 Å². The van der Waals surface area contributed by atoms with Crippen LogP contribution in [0.3, 0.4) is 0 Å². The van der Waals surface area contributed by atoms with E-state index in [0.29, 0.717) is 0 Å². The van der Waals surface area contributed by atoms with E-state index in [1.165, 1.54) is 12.8 Å². The number of rotatable bonds is 9. The number of hydrogen-bond donors (Lipinski definition) is 1. The molecule has 0 saturated carbocycles. The summed E-state index contributed by atoms with van der Waals surface area (Å²) in [5.41, 5.74) is 5.69. The zero-order chi connectivity index (χ0) is 13.4. The van der Waals surface area contributed by atoms with Gasteiger partial charge in [-0.05, 0) is 38.5 Å². The lowest BCUT2D eigenvalue weighted by atomic mass is 10.1. The predicted octanol–water partition coefficient (Wildman–Crippen LogP) is 3.05. The summed E-state index contributed by atoms with van der Waals surface area (Å²) in [6, 6.07) is 0. The van der Waals surface area contributed by atoms with E-state index in [0.717, 1.165) is 24.9 Å². The minimum absolute atomic E-state index is 0.118. The van der Waals surface area contributed by atoms with Gasteiger partial charge in [-0.15, -0.1) is 0 Å². The topological polar surface area (TPSA) is 38.5 Å². The van der Waals surface area contributed by atoms with Gasteiger partial charge >= 0.3 is 0 Å². The van der Waals surface area contributed by atoms with E-state index >= 15 is 0 Å². The maximum Gasteiger partial charge on any atom is 0.109 e. The first kappa shape index (κ1) is 16.9. The van der Waals surface area contributed by atoms with Crippen LogP contribution in [0.1, 0.15) is 54.4 Å². The third-order valence-electron chi connectivity index (χ3n) is 2.91. The van der Waals surface area contributed by atoms with Crippen molar-refractivity contribution in [2.75, 3.05) is 13.1 Å². The smallest absolute Gasteiger partial charge is 0.109 e. The average Bonchev–Trinajstić information content (AvgIpc) is 2.15. The molecular formula is C14H32N2O. The van der Waals surface area contributed by atoms with Gasteiger partial charge in [-0.25, -0.2) is 0 Å². The lowest BCUT2D eigenvalue weighted by Crippen LogP contribution is -2.41. The zero-order valence-corrected chi connectivity index (χ0v) is 12.6. The SMILES string of the molecule is CC(C)CCN(CCC(C)C)C(C)OC(C)N. The van der Waals surface area contributed by atoms with Crippen molar-refractivity contribution < 1.29 is 4.74 Å². The fourth-order valence-electron chi connectivity index (χ4n) is 1.72. The summed E-state index contributed by atoms with van der Waals surface area (Å²) in [6.45, 7) is 15.2. The molecule has 17 heavy (non-hydrogen) atoms. The molecule has 0 radical (unpaired) electrons. The van der Waals surface area contributed by atoms with Crippen LogP contribution >= 0.6 is 0 Å². The van der Waals surface area contributed by atoms with Gasteiger partial charge in [0.05, 0.1) is 0 Å². The number of nitrogens with zero attached hydrogens (tertiary/aromatic N) is 1. The van der Waals surface area contributed by atoms with E-state index in [-0.39, 0.29) is 12.5 Å². The van der Waals surface area contributed by atoms with Crippen molar-refractivity contribution in [3.05, 3.63) is 0 Å². The Kier molecular flexibility index (Phi) is 8.83. The fraction of sp³-hybridized carbons (Fsp3) is 1.00. The minimum atomic E-state index is -0.189. The average molecular weight is 244 g/mol. The highest BCUT2D eigenvalue weighted by atomic mass is 16.5. The summed E-state index contributed by atoms with van der Waals surface area (Å²) in [6.07, 6.45) is 2.35. The van der Waals surface area contributed by atoms with Gasteiger partial charge in [0.1, 0.15) is 12.5 Å². The third kappa shape index (κ3) is 9.57. The van der Waals surface area contributed by atoms with Gasteiger partial charge < -0.3 is 10.5 Å². The van der Waals surface area contributed by atoms with Crippen molar-refractivity contribution in [3.8, 4) is 0 Å². The Bertz CT molecular complexity index is 169. The molecule has 0 fully saturated rings. The molecule has 2 atom stereocenters. The molecule has 0 amide bonds. The van der Waals surface area contributed by atoms with Crippen molar-refractivity contribution >= 4 is 0 Å². The Morgan fingerprint density at radius 3 is 1.59 bits per heavy atom. The highest BCUT2D eigenvalue weighted by Gasteiger charge is 2.16. The summed E-state index contributed by atoms with van der Waals surface area (Å²) < 4.78 is 5.68. The van der Waals surface area contributed by atoms with E-state index in [9.17, 15) is 0 Å². The first-order chi connectivity index (χ1) is 7.82. The van der Waals surface area contributed by atoms with Gasteiger partial charge in [0.2, 0.25) is 0 Å². The summed E-state index contributed by atoms with van der Waals surface area (Å²) in [5.74, 6) is 1.47. The quantitative estimate of drug-likeness (QED) is 0.634. The molecule has 3 nitrogen and oxygen atoms in total. The van der Waals surface area contributed by atoms with Crippen LogP contribution in [0.4, 0.5) is 0 Å². The molecule has 0 rings (SSSR count). The number of nitrogens with two attached hydrogens (primary N) is 1. The molecule has 0 aliphatic carbocycles. The second-order valence-electron chi connectivity index (χ2n) is 5.84. The lowest BCUT2D eigenvalue weighted by Gasteiger charge is -2.31. The standard InChI is InChI=1S/C14H32N2O/c1-11(2)7-9-16(10-8-12(3)4)14(6)17-13(5)15/h11-14H,7-10,15H2,1-6H3. The second kappa shape index (κ2) is 8.90. The minimum Gasteiger partial charge on any atom is -0.346 e. The Hall–Kier alpha value is -0.120. The number of hydrogen-bond acceptors (Lipinski definition) is 3. The molecule has 104 valence electrons. The van der Waals surface area contributed by atoms with E-state index in [2.05, 4.69) is 39.5 Å². The second-order valence-corrected chi connectivity index (χ2v) is 5.84. The first-order valence-electron chi connectivity index (χ1n) is 6.98. The van der Waals surface area contributed by atoms with Crippen LogP contribution < -0.4 is 5.73 Å². The highest BCUT2D eigenvalue weighted by molar-refractivity contribution is 4.63. The number of ether oxygens (including phenoxy) is 1. The normalized spacial score (nSPS) is 15.9. The van der Waals surface area contributed by atoms with Crippen LogP contribution in [0.15, 0.2) is 0 Å². The molecule has 0 saturated heterocycles. The molecule has 0 aliphatic heterocycles. The van der Waals surface area contributed by atoms with Crippen LogP contribution in [-0.4, -0.2) is 30.4 Å². The zero-order valence-electron chi connectivity index (χ0n) is 12.6. The largest absolute Gasteiger partial charge is 0.346 e. The van der Waals surface area contributed by atoms with Crippen LogP contribution in [0, 0.1) is 11.8 Å². The van der Waals surface area contributed by atoms with Gasteiger partial charge in [-0.3, -0.25) is 4.90 Å². The van der Waals surface area contributed by atoms with E-state index in [1.807, 2.05) is 6.92 Å². The molecule has 0 aromatic rings. The molecule has 0 aromatic heterocycles. The molecule has 3 heteroatoms. The highest BCUT2D eigenvalue weighted by Crippen LogP contribution is 2.11. The molecule has 0 bridgehead atoms. The maximum absolute atomic E-state index is 5.69. The summed E-state index contributed by atoms with van der Waals surface area (Å²) in [4.78, 5) is 2.41. The molecule has 0 aliphatic rings. The van der Waals surface area contributed by atoms with Crippen molar-refractivity contribution in [2.24, 2.45) is 17.6 Å². The molecular weight excluding hydrogens is 212 g/mol. The van der Waals surface area contributed by atoms with Crippen molar-refractivity contribution in [1.82, 2.24) is 4.90 Å². The molecule has 2 unspecified atom stereocenters. The Morgan fingerprint density at radius 2 is 1.29 bits per heavy atom. The summed E-state index contributed by atoms with van der Waals surface area (Å²) >= 11 is 0. The van der Waals surface area contributed by atoms with Gasteiger partial charge in [-0.1, -0.05) is 27.7 Å².